The lowest BCUT2D eigenvalue weighted by Crippen LogP contribution is -2.69. The van der Waals surface area contributed by atoms with Gasteiger partial charge in [-0.15, -0.1) is 0 Å². The zero-order valence-corrected chi connectivity index (χ0v) is 21.0. The highest BCUT2D eigenvalue weighted by molar-refractivity contribution is 6.99. The van der Waals surface area contributed by atoms with Crippen molar-refractivity contribution in [2.24, 2.45) is 5.92 Å². The van der Waals surface area contributed by atoms with E-state index < -0.39 is 20.0 Å². The van der Waals surface area contributed by atoms with Crippen LogP contribution in [-0.4, -0.2) is 50.4 Å². The van der Waals surface area contributed by atoms with Crippen LogP contribution >= 0.6 is 0 Å². The lowest BCUT2D eigenvalue weighted by molar-refractivity contribution is -0.121. The predicted molar refractivity (Wildman–Crippen MR) is 130 cm³/mol. The number of hydrogen-bond acceptors (Lipinski definition) is 4. The Kier molecular flexibility index (Phi) is 6.96. The number of carbonyl (C=O) groups is 2. The van der Waals surface area contributed by atoms with Crippen LogP contribution in [0.25, 0.3) is 0 Å². The van der Waals surface area contributed by atoms with Crippen LogP contribution in [0.4, 0.5) is 4.79 Å². The molecule has 6 heteroatoms. The van der Waals surface area contributed by atoms with Gasteiger partial charge >= 0.3 is 6.09 Å². The summed E-state index contributed by atoms with van der Waals surface area (Å²) in [4.78, 5) is 26.0. The van der Waals surface area contributed by atoms with Crippen LogP contribution in [0, 0.1) is 5.92 Å². The molecule has 0 spiro atoms. The molecule has 2 aromatic carbocycles. The molecule has 32 heavy (non-hydrogen) atoms. The second-order valence-corrected chi connectivity index (χ2v) is 14.8. The molecule has 1 heterocycles. The van der Waals surface area contributed by atoms with E-state index in [1.54, 1.807) is 4.90 Å². The van der Waals surface area contributed by atoms with Crippen LogP contribution in [-0.2, 0) is 14.0 Å². The highest BCUT2D eigenvalue weighted by Crippen LogP contribution is 2.38. The van der Waals surface area contributed by atoms with Crippen LogP contribution in [0.2, 0.25) is 5.04 Å². The molecule has 172 valence electrons. The third kappa shape index (κ3) is 4.81. The summed E-state index contributed by atoms with van der Waals surface area (Å²) in [5.41, 5.74) is -0.591. The maximum atomic E-state index is 12.7. The summed E-state index contributed by atoms with van der Waals surface area (Å²) in [6.45, 7) is 12.8. The number of aldehydes is 1. The normalized spacial score (nSPS) is 19.2. The molecule has 0 aliphatic carbocycles. The molecule has 2 atom stereocenters. The van der Waals surface area contributed by atoms with E-state index in [2.05, 4.69) is 45.0 Å². The van der Waals surface area contributed by atoms with Gasteiger partial charge in [0.15, 0.2) is 0 Å². The quantitative estimate of drug-likeness (QED) is 0.490. The Morgan fingerprint density at radius 2 is 1.47 bits per heavy atom. The maximum Gasteiger partial charge on any atom is 0.410 e. The zero-order valence-electron chi connectivity index (χ0n) is 20.0. The van der Waals surface area contributed by atoms with E-state index >= 15 is 0 Å². The van der Waals surface area contributed by atoms with Crippen molar-refractivity contribution in [2.75, 3.05) is 13.2 Å². The fourth-order valence-electron chi connectivity index (χ4n) is 4.43. The van der Waals surface area contributed by atoms with E-state index in [1.165, 1.54) is 10.4 Å². The Balaban J connectivity index is 1.96. The zero-order chi connectivity index (χ0) is 23.6. The van der Waals surface area contributed by atoms with Crippen molar-refractivity contribution >= 4 is 31.1 Å². The van der Waals surface area contributed by atoms with Crippen molar-refractivity contribution < 1.29 is 18.8 Å². The SMILES string of the molecule is CC(C)(C)OC(=O)N1C[C@H](C=O)[C@H]1CO[Si](c1ccccc1)(c1ccccc1)C(C)(C)C. The van der Waals surface area contributed by atoms with Crippen molar-refractivity contribution in [2.45, 2.75) is 58.2 Å². The summed E-state index contributed by atoms with van der Waals surface area (Å²) in [6, 6.07) is 20.4. The average molecular weight is 454 g/mol. The number of rotatable bonds is 6. The van der Waals surface area contributed by atoms with Crippen LogP contribution in [0.5, 0.6) is 0 Å². The largest absolute Gasteiger partial charge is 0.444 e. The van der Waals surface area contributed by atoms with E-state index in [9.17, 15) is 9.59 Å². The summed E-state index contributed by atoms with van der Waals surface area (Å²) in [6.07, 6.45) is 0.534. The average Bonchev–Trinajstić information content (AvgIpc) is 2.70. The van der Waals surface area contributed by atoms with Gasteiger partial charge in [0.2, 0.25) is 0 Å². The van der Waals surface area contributed by atoms with Gasteiger partial charge in [0.1, 0.15) is 11.9 Å². The van der Waals surface area contributed by atoms with Gasteiger partial charge in [-0.1, -0.05) is 81.4 Å². The van der Waals surface area contributed by atoms with Crippen LogP contribution in [0.3, 0.4) is 0 Å². The molecule has 2 aromatic rings. The first-order chi connectivity index (χ1) is 15.0. The van der Waals surface area contributed by atoms with Crippen molar-refractivity contribution in [1.29, 1.82) is 0 Å². The van der Waals surface area contributed by atoms with Gasteiger partial charge in [0.25, 0.3) is 8.32 Å². The Morgan fingerprint density at radius 3 is 1.88 bits per heavy atom. The van der Waals surface area contributed by atoms with Gasteiger partial charge in [0.05, 0.1) is 18.6 Å². The lowest BCUT2D eigenvalue weighted by atomic mass is 9.91. The molecule has 0 aromatic heterocycles. The summed E-state index contributed by atoms with van der Waals surface area (Å²) >= 11 is 0. The van der Waals surface area contributed by atoms with Gasteiger partial charge in [-0.2, -0.15) is 0 Å². The van der Waals surface area contributed by atoms with E-state index in [0.717, 1.165) is 6.29 Å². The first-order valence-electron chi connectivity index (χ1n) is 11.2. The lowest BCUT2D eigenvalue weighted by Gasteiger charge is -2.49. The van der Waals surface area contributed by atoms with E-state index in [0.29, 0.717) is 6.54 Å². The van der Waals surface area contributed by atoms with Gasteiger partial charge in [0, 0.05) is 6.54 Å². The number of amides is 1. The molecule has 0 N–H and O–H groups in total. The molecule has 0 saturated carbocycles. The fraction of sp³-hybridized carbons (Fsp3) is 0.462. The Labute approximate surface area is 192 Å². The third-order valence-electron chi connectivity index (χ3n) is 5.99. The fourth-order valence-corrected chi connectivity index (χ4v) is 9.00. The van der Waals surface area contributed by atoms with E-state index in [4.69, 9.17) is 9.16 Å². The minimum Gasteiger partial charge on any atom is -0.444 e. The smallest absolute Gasteiger partial charge is 0.410 e. The Morgan fingerprint density at radius 1 is 0.969 bits per heavy atom. The summed E-state index contributed by atoms with van der Waals surface area (Å²) in [5, 5.41) is 2.17. The van der Waals surface area contributed by atoms with Crippen LogP contribution < -0.4 is 10.4 Å². The number of nitrogens with zero attached hydrogens (tertiary/aromatic N) is 1. The molecule has 1 aliphatic rings. The Bertz CT molecular complexity index is 879. The molecule has 0 unspecified atom stereocenters. The van der Waals surface area contributed by atoms with Gasteiger partial charge in [-0.05, 0) is 36.2 Å². The molecular weight excluding hydrogens is 418 g/mol. The molecule has 0 radical (unpaired) electrons. The topological polar surface area (TPSA) is 55.8 Å². The molecular formula is C26H35NO4Si. The summed E-state index contributed by atoms with van der Waals surface area (Å²) < 4.78 is 12.5. The number of hydrogen-bond donors (Lipinski definition) is 0. The second-order valence-electron chi connectivity index (χ2n) is 10.5. The van der Waals surface area contributed by atoms with Crippen LogP contribution in [0.15, 0.2) is 60.7 Å². The number of benzene rings is 2. The number of ether oxygens (including phenoxy) is 1. The molecule has 1 aliphatic heterocycles. The monoisotopic (exact) mass is 453 g/mol. The van der Waals surface area contributed by atoms with Crippen molar-refractivity contribution in [3.63, 3.8) is 0 Å². The van der Waals surface area contributed by atoms with Gasteiger partial charge in [-0.25, -0.2) is 4.79 Å². The highest BCUT2D eigenvalue weighted by atomic mass is 28.4. The first-order valence-corrected chi connectivity index (χ1v) is 13.1. The molecule has 5 nitrogen and oxygen atoms in total. The maximum absolute atomic E-state index is 12.7. The van der Waals surface area contributed by atoms with Crippen molar-refractivity contribution in [1.82, 2.24) is 4.90 Å². The minimum atomic E-state index is -2.74. The van der Waals surface area contributed by atoms with Gasteiger partial charge < -0.3 is 18.9 Å². The summed E-state index contributed by atoms with van der Waals surface area (Å²) in [5.74, 6) is -0.249. The molecule has 1 amide bonds. The second kappa shape index (κ2) is 9.20. The number of likely N-dealkylation sites (tertiary alicyclic amines) is 1. The molecule has 1 fully saturated rings. The Hall–Kier alpha value is -2.44. The molecule has 3 rings (SSSR count). The standard InChI is InChI=1S/C26H35NO4Si/c1-25(2,3)31-24(29)27-17-20(18-28)23(27)19-30-32(26(4,5)6,21-13-9-7-10-14-21)22-15-11-8-12-16-22/h7-16,18,20,23H,17,19H2,1-6H3/t20-,23-/m1/s1. The number of carbonyl (C=O) groups excluding carboxylic acids is 2. The van der Waals surface area contributed by atoms with E-state index in [1.807, 2.05) is 57.2 Å². The summed E-state index contributed by atoms with van der Waals surface area (Å²) in [7, 11) is -2.74. The highest BCUT2D eigenvalue weighted by Gasteiger charge is 2.52. The van der Waals surface area contributed by atoms with Crippen LogP contribution in [0.1, 0.15) is 41.5 Å². The third-order valence-corrected chi connectivity index (χ3v) is 11.0. The van der Waals surface area contributed by atoms with Crippen molar-refractivity contribution in [3.05, 3.63) is 60.7 Å². The first kappa shape index (κ1) is 24.2. The molecule has 0 bridgehead atoms. The van der Waals surface area contributed by atoms with Crippen molar-refractivity contribution in [3.8, 4) is 0 Å². The van der Waals surface area contributed by atoms with Gasteiger partial charge in [-0.3, -0.25) is 0 Å². The minimum absolute atomic E-state index is 0.174. The van der Waals surface area contributed by atoms with E-state index in [-0.39, 0.29) is 23.6 Å². The molecule has 1 saturated heterocycles. The predicted octanol–water partition coefficient (Wildman–Crippen LogP) is 4.00.